The maximum absolute atomic E-state index is 12.3. The van der Waals surface area contributed by atoms with E-state index in [4.69, 9.17) is 11.8 Å². The Morgan fingerprint density at radius 2 is 1.43 bits per heavy atom. The molecule has 0 bridgehead atoms. The molecule has 0 spiro atoms. The average Bonchev–Trinajstić information content (AvgIpc) is 2.53. The molecule has 2 N–H and O–H groups in total. The number of ether oxygens (including phenoxy) is 1. The molecule has 2 rings (SSSR count). The van der Waals surface area contributed by atoms with Crippen LogP contribution in [-0.2, 0) is 9.53 Å². The molecule has 3 nitrogen and oxygen atoms in total. The average molecular weight is 287 g/mol. The van der Waals surface area contributed by atoms with Gasteiger partial charge in [0.1, 0.15) is 6.02 Å². The van der Waals surface area contributed by atoms with Crippen molar-refractivity contribution in [3.05, 3.63) is 71.8 Å². The fraction of sp³-hybridized carbons (Fsp3) is 0.278. The lowest BCUT2D eigenvalue weighted by atomic mass is 10.0. The van der Waals surface area contributed by atoms with Gasteiger partial charge in [-0.05, 0) is 17.0 Å². The van der Waals surface area contributed by atoms with Gasteiger partial charge < -0.3 is 10.5 Å². The van der Waals surface area contributed by atoms with Crippen LogP contribution in [0.3, 0.4) is 0 Å². The fourth-order valence-corrected chi connectivity index (χ4v) is 1.99. The number of carbonyl (C=O) groups is 1. The van der Waals surface area contributed by atoms with Crippen molar-refractivity contribution in [3.8, 4) is 0 Å². The summed E-state index contributed by atoms with van der Waals surface area (Å²) < 4.78 is 13.6. The van der Waals surface area contributed by atoms with Crippen molar-refractivity contribution in [1.82, 2.24) is 0 Å². The quantitative estimate of drug-likeness (QED) is 0.678. The number of esters is 1. The van der Waals surface area contributed by atoms with E-state index >= 15 is 0 Å². The number of benzene rings is 2. The van der Waals surface area contributed by atoms with Crippen molar-refractivity contribution >= 4 is 5.97 Å². The zero-order valence-electron chi connectivity index (χ0n) is 13.3. The topological polar surface area (TPSA) is 52.3 Å². The first-order chi connectivity index (χ1) is 10.4. The zero-order valence-corrected chi connectivity index (χ0v) is 12.3. The van der Waals surface area contributed by atoms with Crippen molar-refractivity contribution in [3.63, 3.8) is 0 Å². The number of rotatable bonds is 5. The van der Waals surface area contributed by atoms with Gasteiger partial charge in [-0.15, -0.1) is 0 Å². The van der Waals surface area contributed by atoms with E-state index < -0.39 is 18.1 Å². The normalized spacial score (nSPS) is 14.6. The Labute approximate surface area is 127 Å². The highest BCUT2D eigenvalue weighted by molar-refractivity contribution is 5.76. The van der Waals surface area contributed by atoms with Crippen LogP contribution in [0.5, 0.6) is 0 Å². The predicted octanol–water partition coefficient (Wildman–Crippen LogP) is 3.30. The third-order valence-electron chi connectivity index (χ3n) is 3.29. The summed E-state index contributed by atoms with van der Waals surface area (Å²) in [6.07, 6.45) is -0.568. The van der Waals surface area contributed by atoms with Gasteiger partial charge >= 0.3 is 5.97 Å². The molecule has 0 aromatic heterocycles. The van der Waals surface area contributed by atoms with Crippen LogP contribution in [0.15, 0.2) is 60.7 Å². The second kappa shape index (κ2) is 7.04. The van der Waals surface area contributed by atoms with E-state index in [9.17, 15) is 4.79 Å². The van der Waals surface area contributed by atoms with Crippen molar-refractivity contribution in [1.29, 1.82) is 0 Å². The molecule has 0 saturated heterocycles. The highest BCUT2D eigenvalue weighted by atomic mass is 16.5. The minimum atomic E-state index is -1.76. The largest absolute Gasteiger partial charge is 0.451 e. The van der Waals surface area contributed by atoms with Gasteiger partial charge in [0.2, 0.25) is 0 Å². The molecular weight excluding hydrogens is 265 g/mol. The third-order valence-corrected chi connectivity index (χ3v) is 3.29. The SMILES string of the molecule is [2H]C(N)(C(=O)OC(c1ccccc1)c1ccccc1)[13CH]([13CH3])[13CH3]. The summed E-state index contributed by atoms with van der Waals surface area (Å²) in [5.74, 6) is -1.06. The Hall–Kier alpha value is -2.13. The minimum absolute atomic E-state index is 0.341. The first kappa shape index (κ1) is 13.8. The maximum atomic E-state index is 12.3. The van der Waals surface area contributed by atoms with E-state index in [1.54, 1.807) is 13.8 Å². The van der Waals surface area contributed by atoms with Crippen LogP contribution in [0.4, 0.5) is 0 Å². The summed E-state index contributed by atoms with van der Waals surface area (Å²) in [4.78, 5) is 12.3. The summed E-state index contributed by atoms with van der Waals surface area (Å²) >= 11 is 0. The number of carbonyl (C=O) groups excluding carboxylic acids is 1. The maximum Gasteiger partial charge on any atom is 0.324 e. The lowest BCUT2D eigenvalue weighted by Gasteiger charge is -2.22. The molecule has 21 heavy (non-hydrogen) atoms. The Morgan fingerprint density at radius 3 is 1.81 bits per heavy atom. The molecule has 0 heterocycles. The van der Waals surface area contributed by atoms with E-state index in [-0.39, 0.29) is 5.92 Å². The van der Waals surface area contributed by atoms with Gasteiger partial charge in [0, 0.05) is 0 Å². The van der Waals surface area contributed by atoms with Crippen LogP contribution in [0, 0.1) is 5.92 Å². The molecule has 0 saturated carbocycles. The van der Waals surface area contributed by atoms with Crippen LogP contribution in [0.1, 0.15) is 32.4 Å². The standard InChI is InChI=1S/C18H21NO2/c1-13(2)16(19)18(20)21-17(14-9-5-3-6-10-14)15-11-7-4-8-12-15/h3-13,16-17H,19H2,1-2H3/i1+1,2+1,13+1,16D. The van der Waals surface area contributed by atoms with Gasteiger partial charge in [0.25, 0.3) is 0 Å². The van der Waals surface area contributed by atoms with E-state index in [1.807, 2.05) is 60.7 Å². The fourth-order valence-electron chi connectivity index (χ4n) is 1.99. The Balaban J connectivity index is 2.33. The Morgan fingerprint density at radius 1 is 1.00 bits per heavy atom. The second-order valence-corrected chi connectivity index (χ2v) is 5.22. The summed E-state index contributed by atoms with van der Waals surface area (Å²) in [5.41, 5.74) is 7.50. The van der Waals surface area contributed by atoms with Crippen LogP contribution >= 0.6 is 0 Å². The molecular formula is C18H21NO2. The summed E-state index contributed by atoms with van der Waals surface area (Å²) in [6.45, 7) is 3.46. The van der Waals surface area contributed by atoms with Gasteiger partial charge in [-0.25, -0.2) is 0 Å². The smallest absolute Gasteiger partial charge is 0.324 e. The van der Waals surface area contributed by atoms with Crippen LogP contribution in [0.2, 0.25) is 0 Å². The van der Waals surface area contributed by atoms with E-state index in [0.717, 1.165) is 11.1 Å². The van der Waals surface area contributed by atoms with Crippen molar-refractivity contribution in [2.24, 2.45) is 11.7 Å². The molecule has 0 aliphatic rings. The molecule has 1 unspecified atom stereocenters. The van der Waals surface area contributed by atoms with Gasteiger partial charge in [0.15, 0.2) is 6.10 Å². The monoisotopic (exact) mass is 287 g/mol. The summed E-state index contributed by atoms with van der Waals surface area (Å²) in [7, 11) is 0. The van der Waals surface area contributed by atoms with Crippen LogP contribution < -0.4 is 5.73 Å². The lowest BCUT2D eigenvalue weighted by molar-refractivity contribution is -0.150. The second-order valence-electron chi connectivity index (χ2n) is 5.22. The molecule has 3 heteroatoms. The van der Waals surface area contributed by atoms with Gasteiger partial charge in [0.05, 0.1) is 1.37 Å². The number of hydrogen-bond donors (Lipinski definition) is 1. The highest BCUT2D eigenvalue weighted by Gasteiger charge is 2.24. The molecule has 110 valence electrons. The number of nitrogens with two attached hydrogens (primary N) is 1. The third kappa shape index (κ3) is 3.92. The molecule has 0 fully saturated rings. The van der Waals surface area contributed by atoms with Gasteiger partial charge in [-0.1, -0.05) is 74.5 Å². The van der Waals surface area contributed by atoms with Crippen LogP contribution in [-0.4, -0.2) is 12.0 Å². The summed E-state index contributed by atoms with van der Waals surface area (Å²) in [5, 5.41) is 0. The van der Waals surface area contributed by atoms with E-state index in [0.29, 0.717) is 0 Å². The molecule has 2 aromatic rings. The molecule has 2 aromatic carbocycles. The molecule has 0 aliphatic carbocycles. The van der Waals surface area contributed by atoms with E-state index in [1.165, 1.54) is 0 Å². The zero-order chi connectivity index (χ0) is 16.2. The molecule has 0 radical (unpaired) electrons. The molecule has 0 amide bonds. The minimum Gasteiger partial charge on any atom is -0.451 e. The van der Waals surface area contributed by atoms with Crippen LogP contribution in [0.25, 0.3) is 0 Å². The first-order valence-corrected chi connectivity index (χ1v) is 7.02. The van der Waals surface area contributed by atoms with Gasteiger partial charge in [-0.2, -0.15) is 0 Å². The predicted molar refractivity (Wildman–Crippen MR) is 83.6 cm³/mol. The van der Waals surface area contributed by atoms with Crippen molar-refractivity contribution in [2.75, 3.05) is 0 Å². The Kier molecular flexibility index (Phi) is 4.64. The number of hydrogen-bond acceptors (Lipinski definition) is 3. The van der Waals surface area contributed by atoms with Crippen molar-refractivity contribution < 1.29 is 10.9 Å². The van der Waals surface area contributed by atoms with Crippen molar-refractivity contribution in [2.45, 2.75) is 26.0 Å². The highest BCUT2D eigenvalue weighted by Crippen LogP contribution is 2.26. The molecule has 1 atom stereocenters. The lowest BCUT2D eigenvalue weighted by Crippen LogP contribution is -2.37. The van der Waals surface area contributed by atoms with E-state index in [2.05, 4.69) is 0 Å². The van der Waals surface area contributed by atoms with Gasteiger partial charge in [-0.3, -0.25) is 4.79 Å². The Bertz CT molecular complexity index is 572. The summed E-state index contributed by atoms with van der Waals surface area (Å²) in [6, 6.07) is 17.2. The first-order valence-electron chi connectivity index (χ1n) is 7.52. The molecule has 0 aliphatic heterocycles.